The zero-order chi connectivity index (χ0) is 17.4. The molecule has 24 heavy (non-hydrogen) atoms. The summed E-state index contributed by atoms with van der Waals surface area (Å²) in [6.45, 7) is 3.52. The van der Waals surface area contributed by atoms with Gasteiger partial charge in [-0.15, -0.1) is 10.2 Å². The van der Waals surface area contributed by atoms with Gasteiger partial charge in [0.25, 0.3) is 17.7 Å². The average molecular weight is 345 g/mol. The Morgan fingerprint density at radius 1 is 1.08 bits per heavy atom. The molecule has 0 saturated heterocycles. The Labute approximate surface area is 142 Å². The van der Waals surface area contributed by atoms with Gasteiger partial charge < -0.3 is 5.32 Å². The van der Waals surface area contributed by atoms with Crippen molar-refractivity contribution in [2.75, 3.05) is 5.32 Å². The van der Waals surface area contributed by atoms with E-state index in [2.05, 4.69) is 15.5 Å². The standard InChI is InChI=1S/C16H13ClN4O3/c1-8(2)21-15(23)10-4-3-9(7-11(10)16(21)24)14(22)18-13-6-5-12(17)19-20-13/h3-8H,1-2H3,(H,18,20,22). The molecular weight excluding hydrogens is 332 g/mol. The van der Waals surface area contributed by atoms with Gasteiger partial charge in [-0.05, 0) is 44.2 Å². The number of halogens is 1. The fourth-order valence-electron chi connectivity index (χ4n) is 2.44. The molecule has 2 heterocycles. The van der Waals surface area contributed by atoms with E-state index in [0.717, 1.165) is 0 Å². The first-order valence-electron chi connectivity index (χ1n) is 7.21. The minimum atomic E-state index is -0.460. The maximum Gasteiger partial charge on any atom is 0.261 e. The van der Waals surface area contributed by atoms with Gasteiger partial charge in [0.2, 0.25) is 0 Å². The van der Waals surface area contributed by atoms with Crippen molar-refractivity contribution in [2.45, 2.75) is 19.9 Å². The van der Waals surface area contributed by atoms with E-state index in [9.17, 15) is 14.4 Å². The Morgan fingerprint density at radius 2 is 1.79 bits per heavy atom. The van der Waals surface area contributed by atoms with Gasteiger partial charge >= 0.3 is 0 Å². The predicted molar refractivity (Wildman–Crippen MR) is 87.1 cm³/mol. The summed E-state index contributed by atoms with van der Waals surface area (Å²) in [4.78, 5) is 38.0. The van der Waals surface area contributed by atoms with Crippen molar-refractivity contribution in [2.24, 2.45) is 0 Å². The lowest BCUT2D eigenvalue weighted by atomic mass is 10.1. The topological polar surface area (TPSA) is 92.3 Å². The number of hydrogen-bond donors (Lipinski definition) is 1. The van der Waals surface area contributed by atoms with Gasteiger partial charge in [0.15, 0.2) is 11.0 Å². The molecule has 0 aliphatic carbocycles. The summed E-state index contributed by atoms with van der Waals surface area (Å²) in [7, 11) is 0. The van der Waals surface area contributed by atoms with E-state index < -0.39 is 11.8 Å². The number of nitrogens with zero attached hydrogens (tertiary/aromatic N) is 3. The van der Waals surface area contributed by atoms with Crippen molar-refractivity contribution in [1.82, 2.24) is 15.1 Å². The van der Waals surface area contributed by atoms with Crippen LogP contribution in [0.1, 0.15) is 44.9 Å². The normalized spacial score (nSPS) is 13.4. The molecule has 0 bridgehead atoms. The molecule has 2 aromatic rings. The summed E-state index contributed by atoms with van der Waals surface area (Å²) in [5.74, 6) is -0.972. The molecule has 0 spiro atoms. The molecule has 0 radical (unpaired) electrons. The molecule has 1 aliphatic heterocycles. The molecule has 1 aliphatic rings. The minimum Gasteiger partial charge on any atom is -0.305 e. The lowest BCUT2D eigenvalue weighted by Gasteiger charge is -2.17. The lowest BCUT2D eigenvalue weighted by molar-refractivity contribution is 0.0609. The third kappa shape index (κ3) is 2.74. The third-order valence-electron chi connectivity index (χ3n) is 3.57. The minimum absolute atomic E-state index is 0.211. The molecule has 0 saturated carbocycles. The Bertz CT molecular complexity index is 849. The van der Waals surface area contributed by atoms with Crippen LogP contribution in [0.15, 0.2) is 30.3 Å². The number of hydrogen-bond acceptors (Lipinski definition) is 5. The van der Waals surface area contributed by atoms with Crippen LogP contribution in [0, 0.1) is 0 Å². The fourth-order valence-corrected chi connectivity index (χ4v) is 2.54. The van der Waals surface area contributed by atoms with E-state index in [1.165, 1.54) is 35.2 Å². The summed E-state index contributed by atoms with van der Waals surface area (Å²) in [5, 5.41) is 10.1. The fraction of sp³-hybridized carbons (Fsp3) is 0.188. The van der Waals surface area contributed by atoms with Gasteiger partial charge in [-0.25, -0.2) is 0 Å². The van der Waals surface area contributed by atoms with Crippen molar-refractivity contribution in [3.63, 3.8) is 0 Å². The highest BCUT2D eigenvalue weighted by molar-refractivity contribution is 6.29. The average Bonchev–Trinajstić information content (AvgIpc) is 2.80. The largest absolute Gasteiger partial charge is 0.305 e. The van der Waals surface area contributed by atoms with Gasteiger partial charge in [0.1, 0.15) is 0 Å². The van der Waals surface area contributed by atoms with E-state index in [1.54, 1.807) is 13.8 Å². The van der Waals surface area contributed by atoms with Crippen molar-refractivity contribution >= 4 is 35.1 Å². The monoisotopic (exact) mass is 344 g/mol. The third-order valence-corrected chi connectivity index (χ3v) is 3.77. The van der Waals surface area contributed by atoms with E-state index in [-0.39, 0.29) is 34.0 Å². The molecule has 8 heteroatoms. The Hall–Kier alpha value is -2.80. The molecule has 0 unspecified atom stereocenters. The number of carbonyl (C=O) groups is 3. The maximum atomic E-state index is 12.4. The van der Waals surface area contributed by atoms with Crippen LogP contribution in [-0.2, 0) is 0 Å². The smallest absolute Gasteiger partial charge is 0.261 e. The Kier molecular flexibility index (Phi) is 4.02. The first-order valence-corrected chi connectivity index (χ1v) is 7.59. The number of imide groups is 1. The number of rotatable bonds is 3. The van der Waals surface area contributed by atoms with Gasteiger partial charge in [-0.2, -0.15) is 0 Å². The van der Waals surface area contributed by atoms with Crippen molar-refractivity contribution in [1.29, 1.82) is 0 Å². The zero-order valence-corrected chi connectivity index (χ0v) is 13.7. The summed E-state index contributed by atoms with van der Waals surface area (Å²) < 4.78 is 0. The number of fused-ring (bicyclic) bond motifs is 1. The van der Waals surface area contributed by atoms with Crippen LogP contribution < -0.4 is 5.32 Å². The lowest BCUT2D eigenvalue weighted by Crippen LogP contribution is -2.35. The Balaban J connectivity index is 1.87. The van der Waals surface area contributed by atoms with Gasteiger partial charge in [0, 0.05) is 11.6 Å². The second-order valence-corrected chi connectivity index (χ2v) is 5.92. The van der Waals surface area contributed by atoms with Crippen LogP contribution in [-0.4, -0.2) is 38.9 Å². The Morgan fingerprint density at radius 3 is 2.42 bits per heavy atom. The summed E-state index contributed by atoms with van der Waals surface area (Å²) in [6, 6.07) is 7.15. The first kappa shape index (κ1) is 16.1. The van der Waals surface area contributed by atoms with E-state index in [1.807, 2.05) is 0 Å². The SMILES string of the molecule is CC(C)N1C(=O)c2ccc(C(=O)Nc3ccc(Cl)nn3)cc2C1=O. The second kappa shape index (κ2) is 6.01. The van der Waals surface area contributed by atoms with Crippen LogP contribution in [0.5, 0.6) is 0 Å². The molecule has 1 aromatic carbocycles. The summed E-state index contributed by atoms with van der Waals surface area (Å²) in [6.07, 6.45) is 0. The number of anilines is 1. The molecule has 3 amide bonds. The summed E-state index contributed by atoms with van der Waals surface area (Å²) in [5.41, 5.74) is 0.775. The van der Waals surface area contributed by atoms with Crippen LogP contribution in [0.3, 0.4) is 0 Å². The van der Waals surface area contributed by atoms with Gasteiger partial charge in [-0.3, -0.25) is 19.3 Å². The molecular formula is C16H13ClN4O3. The van der Waals surface area contributed by atoms with Crippen LogP contribution in [0.2, 0.25) is 5.15 Å². The number of carbonyl (C=O) groups excluding carboxylic acids is 3. The molecule has 0 fully saturated rings. The highest BCUT2D eigenvalue weighted by atomic mass is 35.5. The van der Waals surface area contributed by atoms with E-state index in [0.29, 0.717) is 5.56 Å². The zero-order valence-electron chi connectivity index (χ0n) is 12.9. The molecule has 3 rings (SSSR count). The van der Waals surface area contributed by atoms with Crippen LogP contribution in [0.25, 0.3) is 0 Å². The molecule has 1 N–H and O–H groups in total. The van der Waals surface area contributed by atoms with Gasteiger partial charge in [-0.1, -0.05) is 11.6 Å². The molecule has 122 valence electrons. The molecule has 0 atom stereocenters. The molecule has 7 nitrogen and oxygen atoms in total. The molecule has 1 aromatic heterocycles. The highest BCUT2D eigenvalue weighted by Gasteiger charge is 2.37. The highest BCUT2D eigenvalue weighted by Crippen LogP contribution is 2.26. The van der Waals surface area contributed by atoms with Crippen molar-refractivity contribution in [3.8, 4) is 0 Å². The number of aromatic nitrogens is 2. The number of amides is 3. The first-order chi connectivity index (χ1) is 11.4. The van der Waals surface area contributed by atoms with E-state index in [4.69, 9.17) is 11.6 Å². The van der Waals surface area contributed by atoms with Crippen LogP contribution >= 0.6 is 11.6 Å². The maximum absolute atomic E-state index is 12.4. The van der Waals surface area contributed by atoms with Gasteiger partial charge in [0.05, 0.1) is 11.1 Å². The van der Waals surface area contributed by atoms with E-state index >= 15 is 0 Å². The van der Waals surface area contributed by atoms with Crippen LogP contribution in [0.4, 0.5) is 5.82 Å². The van der Waals surface area contributed by atoms with Crippen molar-refractivity contribution in [3.05, 3.63) is 52.2 Å². The number of benzene rings is 1. The second-order valence-electron chi connectivity index (χ2n) is 5.53. The quantitative estimate of drug-likeness (QED) is 0.863. The predicted octanol–water partition coefficient (Wildman–Crippen LogP) is 2.39. The van der Waals surface area contributed by atoms with Crippen molar-refractivity contribution < 1.29 is 14.4 Å². The number of nitrogens with one attached hydrogen (secondary N) is 1. The summed E-state index contributed by atoms with van der Waals surface area (Å²) >= 11 is 5.64.